The highest BCUT2D eigenvalue weighted by Gasteiger charge is 2.37. The van der Waals surface area contributed by atoms with Crippen molar-refractivity contribution in [2.45, 2.75) is 19.5 Å². The van der Waals surface area contributed by atoms with E-state index in [0.29, 0.717) is 16.3 Å². The van der Waals surface area contributed by atoms with E-state index in [4.69, 9.17) is 22.1 Å². The van der Waals surface area contributed by atoms with Crippen LogP contribution in [0.25, 0.3) is 0 Å². The van der Waals surface area contributed by atoms with Crippen molar-refractivity contribution in [2.75, 3.05) is 13.7 Å². The molecule has 0 saturated carbocycles. The van der Waals surface area contributed by atoms with Crippen molar-refractivity contribution in [2.24, 2.45) is 11.7 Å². The summed E-state index contributed by atoms with van der Waals surface area (Å²) in [5, 5.41) is 0.479. The zero-order chi connectivity index (χ0) is 12.3. The SMILES string of the molecule is COc1ccc(Cl)cc1C(F)(CN)C(C)C. The Morgan fingerprint density at radius 3 is 2.56 bits per heavy atom. The molecule has 0 amide bonds. The molecule has 1 aromatic rings. The van der Waals surface area contributed by atoms with Gasteiger partial charge in [0, 0.05) is 17.1 Å². The lowest BCUT2D eigenvalue weighted by Gasteiger charge is -2.29. The van der Waals surface area contributed by atoms with E-state index in [0.717, 1.165) is 0 Å². The molecular formula is C12H17ClFNO. The molecule has 0 aliphatic carbocycles. The summed E-state index contributed by atoms with van der Waals surface area (Å²) in [6, 6.07) is 4.90. The lowest BCUT2D eigenvalue weighted by Crippen LogP contribution is -2.36. The van der Waals surface area contributed by atoms with Crippen LogP contribution in [-0.4, -0.2) is 13.7 Å². The van der Waals surface area contributed by atoms with Crippen molar-refractivity contribution in [1.29, 1.82) is 0 Å². The minimum Gasteiger partial charge on any atom is -0.496 e. The lowest BCUT2D eigenvalue weighted by atomic mass is 9.84. The minimum atomic E-state index is -1.61. The van der Waals surface area contributed by atoms with Gasteiger partial charge >= 0.3 is 0 Å². The van der Waals surface area contributed by atoms with E-state index in [2.05, 4.69) is 0 Å². The molecule has 0 heterocycles. The largest absolute Gasteiger partial charge is 0.496 e. The van der Waals surface area contributed by atoms with Crippen LogP contribution in [0, 0.1) is 5.92 Å². The number of methoxy groups -OCH3 is 1. The fourth-order valence-corrected chi connectivity index (χ4v) is 1.83. The third-order valence-electron chi connectivity index (χ3n) is 2.82. The molecule has 1 atom stereocenters. The maximum absolute atomic E-state index is 14.7. The molecule has 0 radical (unpaired) electrons. The van der Waals surface area contributed by atoms with Gasteiger partial charge in [0.2, 0.25) is 0 Å². The number of nitrogens with two attached hydrogens (primary N) is 1. The molecule has 0 aliphatic rings. The maximum Gasteiger partial charge on any atom is 0.154 e. The Hall–Kier alpha value is -0.800. The van der Waals surface area contributed by atoms with Gasteiger partial charge in [0.1, 0.15) is 5.75 Å². The van der Waals surface area contributed by atoms with Crippen molar-refractivity contribution in [3.05, 3.63) is 28.8 Å². The number of halogens is 2. The second kappa shape index (κ2) is 5.02. The minimum absolute atomic E-state index is 0.0959. The fourth-order valence-electron chi connectivity index (χ4n) is 1.66. The topological polar surface area (TPSA) is 35.2 Å². The van der Waals surface area contributed by atoms with Crippen LogP contribution in [0.15, 0.2) is 18.2 Å². The monoisotopic (exact) mass is 245 g/mol. The van der Waals surface area contributed by atoms with E-state index in [-0.39, 0.29) is 12.5 Å². The predicted molar refractivity (Wildman–Crippen MR) is 64.7 cm³/mol. The average molecular weight is 246 g/mol. The summed E-state index contributed by atoms with van der Waals surface area (Å²) in [6.45, 7) is 3.47. The van der Waals surface area contributed by atoms with Gasteiger partial charge in [0.25, 0.3) is 0 Å². The lowest BCUT2D eigenvalue weighted by molar-refractivity contribution is 0.105. The molecule has 1 rings (SSSR count). The number of benzene rings is 1. The van der Waals surface area contributed by atoms with Crippen LogP contribution in [0.5, 0.6) is 5.75 Å². The zero-order valence-corrected chi connectivity index (χ0v) is 10.5. The second-order valence-corrected chi connectivity index (χ2v) is 4.50. The number of ether oxygens (including phenoxy) is 1. The van der Waals surface area contributed by atoms with Crippen molar-refractivity contribution >= 4 is 11.6 Å². The molecule has 90 valence electrons. The Bertz CT molecular complexity index is 370. The van der Waals surface area contributed by atoms with Crippen molar-refractivity contribution in [1.82, 2.24) is 0 Å². The molecule has 0 saturated heterocycles. The van der Waals surface area contributed by atoms with Gasteiger partial charge in [-0.2, -0.15) is 0 Å². The number of hydrogen-bond acceptors (Lipinski definition) is 2. The van der Waals surface area contributed by atoms with Crippen LogP contribution in [0.2, 0.25) is 5.02 Å². The van der Waals surface area contributed by atoms with Gasteiger partial charge in [-0.1, -0.05) is 25.4 Å². The highest BCUT2D eigenvalue weighted by atomic mass is 35.5. The molecule has 0 fully saturated rings. The average Bonchev–Trinajstić information content (AvgIpc) is 2.27. The summed E-state index contributed by atoms with van der Waals surface area (Å²) in [5.74, 6) is 0.232. The van der Waals surface area contributed by atoms with Gasteiger partial charge in [-0.05, 0) is 24.1 Å². The first kappa shape index (κ1) is 13.3. The van der Waals surface area contributed by atoms with Gasteiger partial charge < -0.3 is 10.5 Å². The van der Waals surface area contributed by atoms with E-state index in [1.54, 1.807) is 32.0 Å². The summed E-state index contributed by atoms with van der Waals surface area (Å²) < 4.78 is 19.9. The smallest absolute Gasteiger partial charge is 0.154 e. The molecular weight excluding hydrogens is 229 g/mol. The molecule has 16 heavy (non-hydrogen) atoms. The zero-order valence-electron chi connectivity index (χ0n) is 9.76. The second-order valence-electron chi connectivity index (χ2n) is 4.07. The van der Waals surface area contributed by atoms with Crippen LogP contribution in [-0.2, 0) is 5.67 Å². The summed E-state index contributed by atoms with van der Waals surface area (Å²) in [7, 11) is 1.50. The highest BCUT2D eigenvalue weighted by Crippen LogP contribution is 2.39. The molecule has 2 nitrogen and oxygen atoms in total. The van der Waals surface area contributed by atoms with Gasteiger partial charge in [-0.15, -0.1) is 0 Å². The molecule has 4 heteroatoms. The Labute approximate surface area is 101 Å². The van der Waals surface area contributed by atoms with E-state index in [1.807, 2.05) is 0 Å². The Kier molecular flexibility index (Phi) is 4.16. The summed E-state index contributed by atoms with van der Waals surface area (Å²) in [4.78, 5) is 0. The number of rotatable bonds is 4. The summed E-state index contributed by atoms with van der Waals surface area (Å²) in [6.07, 6.45) is 0. The molecule has 0 spiro atoms. The third-order valence-corrected chi connectivity index (χ3v) is 3.06. The normalized spacial score (nSPS) is 14.9. The summed E-state index contributed by atoms with van der Waals surface area (Å²) in [5.41, 5.74) is 4.34. The van der Waals surface area contributed by atoms with E-state index < -0.39 is 5.67 Å². The quantitative estimate of drug-likeness (QED) is 0.885. The number of alkyl halides is 1. The van der Waals surface area contributed by atoms with Gasteiger partial charge in [0.15, 0.2) is 5.67 Å². The number of hydrogen-bond donors (Lipinski definition) is 1. The first-order chi connectivity index (χ1) is 7.45. The maximum atomic E-state index is 14.7. The first-order valence-corrected chi connectivity index (χ1v) is 5.56. The predicted octanol–water partition coefficient (Wildman–Crippen LogP) is 3.13. The summed E-state index contributed by atoms with van der Waals surface area (Å²) >= 11 is 5.88. The van der Waals surface area contributed by atoms with Crippen LogP contribution >= 0.6 is 11.6 Å². The molecule has 1 aromatic carbocycles. The molecule has 0 bridgehead atoms. The van der Waals surface area contributed by atoms with Crippen LogP contribution in [0.3, 0.4) is 0 Å². The van der Waals surface area contributed by atoms with E-state index in [9.17, 15) is 4.39 Å². The van der Waals surface area contributed by atoms with Gasteiger partial charge in [-0.25, -0.2) is 4.39 Å². The third kappa shape index (κ3) is 2.30. The standard InChI is InChI=1S/C12H17ClFNO/c1-8(2)12(14,7-15)10-6-9(13)4-5-11(10)16-3/h4-6,8H,7,15H2,1-3H3. The van der Waals surface area contributed by atoms with E-state index in [1.165, 1.54) is 7.11 Å². The Morgan fingerprint density at radius 2 is 2.12 bits per heavy atom. The van der Waals surface area contributed by atoms with Crippen LogP contribution in [0.1, 0.15) is 19.4 Å². The molecule has 0 aromatic heterocycles. The molecule has 2 N–H and O–H groups in total. The fraction of sp³-hybridized carbons (Fsp3) is 0.500. The van der Waals surface area contributed by atoms with E-state index >= 15 is 0 Å². The van der Waals surface area contributed by atoms with Crippen LogP contribution < -0.4 is 10.5 Å². The van der Waals surface area contributed by atoms with Crippen LogP contribution in [0.4, 0.5) is 4.39 Å². The first-order valence-electron chi connectivity index (χ1n) is 5.18. The Morgan fingerprint density at radius 1 is 1.50 bits per heavy atom. The van der Waals surface area contributed by atoms with Crippen molar-refractivity contribution in [3.63, 3.8) is 0 Å². The highest BCUT2D eigenvalue weighted by molar-refractivity contribution is 6.30. The Balaban J connectivity index is 3.33. The van der Waals surface area contributed by atoms with Gasteiger partial charge in [0.05, 0.1) is 7.11 Å². The molecule has 1 unspecified atom stereocenters. The van der Waals surface area contributed by atoms with Crippen molar-refractivity contribution < 1.29 is 9.13 Å². The van der Waals surface area contributed by atoms with Gasteiger partial charge in [-0.3, -0.25) is 0 Å². The molecule has 0 aliphatic heterocycles. The van der Waals surface area contributed by atoms with Crippen molar-refractivity contribution in [3.8, 4) is 5.75 Å².